The second kappa shape index (κ2) is 9.82. The molecule has 212 valence electrons. The topological polar surface area (TPSA) is 38.7 Å². The minimum Gasteiger partial charge on any atom is -0.208 e. The molecule has 4 aliphatic carbocycles. The molecule has 0 saturated carbocycles. The van der Waals surface area contributed by atoms with E-state index in [2.05, 4.69) is 98.0 Å². The minimum absolute atomic E-state index is 0.136. The number of aromatic nitrogens is 3. The summed E-state index contributed by atoms with van der Waals surface area (Å²) in [5.74, 6) is 3.61. The van der Waals surface area contributed by atoms with E-state index in [0.29, 0.717) is 29.4 Å². The lowest BCUT2D eigenvalue weighted by atomic mass is 9.61. The van der Waals surface area contributed by atoms with Crippen molar-refractivity contribution < 1.29 is 0 Å². The summed E-state index contributed by atoms with van der Waals surface area (Å²) in [5.41, 5.74) is 11.7. The maximum absolute atomic E-state index is 5.11. The van der Waals surface area contributed by atoms with Gasteiger partial charge in [0.15, 0.2) is 17.5 Å². The van der Waals surface area contributed by atoms with Gasteiger partial charge in [0.1, 0.15) is 0 Å². The maximum Gasteiger partial charge on any atom is 0.164 e. The van der Waals surface area contributed by atoms with Crippen LogP contribution in [0, 0.1) is 17.8 Å². The SMILES string of the molecule is CC1C=CC2C3=C(CCC=C3)C3(c4ccccc4-c4ccc(-c5nc(-c6ccccc6)nc(-c6ccccc6)n5)cc43)C2C1. The monoisotopic (exact) mass is 567 g/mol. The quantitative estimate of drug-likeness (QED) is 0.204. The predicted octanol–water partition coefficient (Wildman–Crippen LogP) is 9.63. The Morgan fingerprint density at radius 1 is 0.636 bits per heavy atom. The predicted molar refractivity (Wildman–Crippen MR) is 178 cm³/mol. The van der Waals surface area contributed by atoms with Crippen LogP contribution in [0.15, 0.2) is 139 Å². The van der Waals surface area contributed by atoms with Crippen molar-refractivity contribution in [2.24, 2.45) is 17.8 Å². The van der Waals surface area contributed by atoms with Crippen molar-refractivity contribution in [1.29, 1.82) is 0 Å². The number of allylic oxidation sites excluding steroid dienone is 6. The van der Waals surface area contributed by atoms with Crippen LogP contribution in [0.5, 0.6) is 0 Å². The van der Waals surface area contributed by atoms with Gasteiger partial charge in [-0.25, -0.2) is 15.0 Å². The fraction of sp³-hybridized carbons (Fsp3) is 0.195. The van der Waals surface area contributed by atoms with E-state index < -0.39 is 0 Å². The Balaban J connectivity index is 1.29. The molecule has 4 atom stereocenters. The standard InChI is InChI=1S/C41H33N3/c1-26-20-22-32-30-16-8-10-18-34(30)41(36(32)24-26)35-19-11-9-17-31(35)33-23-21-29(25-37(33)41)40-43-38(27-12-4-2-5-13-27)42-39(44-40)28-14-6-3-7-15-28/h2-9,11-17,19-23,25-26,32,36H,10,18,24H2,1H3. The molecule has 44 heavy (non-hydrogen) atoms. The average molecular weight is 568 g/mol. The highest BCUT2D eigenvalue weighted by atomic mass is 15.0. The average Bonchev–Trinajstić information content (AvgIpc) is 3.55. The lowest BCUT2D eigenvalue weighted by Crippen LogP contribution is -2.37. The largest absolute Gasteiger partial charge is 0.208 e. The molecule has 1 spiro atoms. The summed E-state index contributed by atoms with van der Waals surface area (Å²) < 4.78 is 0. The van der Waals surface area contributed by atoms with Crippen LogP contribution in [0.2, 0.25) is 0 Å². The second-order valence-corrected chi connectivity index (χ2v) is 12.8. The fourth-order valence-electron chi connectivity index (χ4n) is 8.59. The van der Waals surface area contributed by atoms with E-state index in [-0.39, 0.29) is 5.41 Å². The number of nitrogens with zero attached hydrogens (tertiary/aromatic N) is 3. The van der Waals surface area contributed by atoms with E-state index in [0.717, 1.165) is 35.4 Å². The molecular formula is C41H33N3. The molecule has 1 aromatic heterocycles. The second-order valence-electron chi connectivity index (χ2n) is 12.8. The molecule has 0 fully saturated rings. The van der Waals surface area contributed by atoms with E-state index in [1.807, 2.05) is 36.4 Å². The lowest BCUT2D eigenvalue weighted by Gasteiger charge is -2.41. The van der Waals surface area contributed by atoms with Gasteiger partial charge in [-0.15, -0.1) is 0 Å². The highest BCUT2D eigenvalue weighted by Crippen LogP contribution is 2.67. The first kappa shape index (κ1) is 25.6. The van der Waals surface area contributed by atoms with E-state index in [1.54, 1.807) is 11.1 Å². The number of hydrogen-bond donors (Lipinski definition) is 0. The number of hydrogen-bond acceptors (Lipinski definition) is 3. The summed E-state index contributed by atoms with van der Waals surface area (Å²) in [7, 11) is 0. The molecule has 0 saturated heterocycles. The third-order valence-corrected chi connectivity index (χ3v) is 10.3. The van der Waals surface area contributed by atoms with Crippen LogP contribution in [0.3, 0.4) is 0 Å². The molecule has 4 aliphatic rings. The van der Waals surface area contributed by atoms with Gasteiger partial charge in [-0.1, -0.05) is 134 Å². The third-order valence-electron chi connectivity index (χ3n) is 10.3. The van der Waals surface area contributed by atoms with Crippen LogP contribution in [-0.2, 0) is 5.41 Å². The van der Waals surface area contributed by atoms with Crippen LogP contribution in [-0.4, -0.2) is 15.0 Å². The number of fused-ring (bicyclic) bond motifs is 9. The van der Waals surface area contributed by atoms with Gasteiger partial charge in [-0.05, 0) is 65.0 Å². The molecule has 0 N–H and O–H groups in total. The summed E-state index contributed by atoms with van der Waals surface area (Å²) in [4.78, 5) is 15.2. The lowest BCUT2D eigenvalue weighted by molar-refractivity contribution is 0.287. The molecule has 4 unspecified atom stereocenters. The Morgan fingerprint density at radius 3 is 2.00 bits per heavy atom. The summed E-state index contributed by atoms with van der Waals surface area (Å²) in [6.07, 6.45) is 13.2. The Morgan fingerprint density at radius 2 is 1.27 bits per heavy atom. The molecule has 9 rings (SSSR count). The summed E-state index contributed by atoms with van der Waals surface area (Å²) in [6, 6.07) is 36.7. The summed E-state index contributed by atoms with van der Waals surface area (Å²) in [5, 5.41) is 0. The molecule has 5 aromatic rings. The first-order chi connectivity index (χ1) is 21.7. The number of rotatable bonds is 3. The van der Waals surface area contributed by atoms with Gasteiger partial charge in [-0.2, -0.15) is 0 Å². The maximum atomic E-state index is 5.11. The van der Waals surface area contributed by atoms with Crippen LogP contribution < -0.4 is 0 Å². The molecular weight excluding hydrogens is 534 g/mol. The first-order valence-electron chi connectivity index (χ1n) is 15.9. The normalized spacial score (nSPS) is 24.2. The number of benzene rings is 4. The van der Waals surface area contributed by atoms with Gasteiger partial charge >= 0.3 is 0 Å². The van der Waals surface area contributed by atoms with Crippen molar-refractivity contribution >= 4 is 0 Å². The van der Waals surface area contributed by atoms with E-state index in [4.69, 9.17) is 15.0 Å². The van der Waals surface area contributed by atoms with Crippen molar-refractivity contribution in [3.8, 4) is 45.3 Å². The summed E-state index contributed by atoms with van der Waals surface area (Å²) >= 11 is 0. The van der Waals surface area contributed by atoms with E-state index in [1.165, 1.54) is 28.7 Å². The van der Waals surface area contributed by atoms with Crippen LogP contribution in [0.4, 0.5) is 0 Å². The van der Waals surface area contributed by atoms with Crippen molar-refractivity contribution in [3.63, 3.8) is 0 Å². The smallest absolute Gasteiger partial charge is 0.164 e. The van der Waals surface area contributed by atoms with Gasteiger partial charge in [0.05, 0.1) is 0 Å². The highest BCUT2D eigenvalue weighted by Gasteiger charge is 2.58. The molecule has 1 heterocycles. The van der Waals surface area contributed by atoms with Crippen molar-refractivity contribution in [3.05, 3.63) is 150 Å². The van der Waals surface area contributed by atoms with Crippen molar-refractivity contribution in [2.45, 2.75) is 31.6 Å². The van der Waals surface area contributed by atoms with E-state index >= 15 is 0 Å². The molecule has 4 aromatic carbocycles. The Kier molecular flexibility index (Phi) is 5.71. The van der Waals surface area contributed by atoms with Crippen molar-refractivity contribution in [1.82, 2.24) is 15.0 Å². The third kappa shape index (κ3) is 3.65. The Bertz CT molecular complexity index is 1960. The van der Waals surface area contributed by atoms with Crippen LogP contribution in [0.1, 0.15) is 37.3 Å². The van der Waals surface area contributed by atoms with Gasteiger partial charge in [0.25, 0.3) is 0 Å². The van der Waals surface area contributed by atoms with Crippen LogP contribution in [0.25, 0.3) is 45.3 Å². The molecule has 0 aliphatic heterocycles. The van der Waals surface area contributed by atoms with Gasteiger partial charge in [0, 0.05) is 28.0 Å². The molecule has 0 amide bonds. The van der Waals surface area contributed by atoms with Gasteiger partial charge in [0.2, 0.25) is 0 Å². The highest BCUT2D eigenvalue weighted by molar-refractivity contribution is 5.87. The summed E-state index contributed by atoms with van der Waals surface area (Å²) in [6.45, 7) is 2.38. The zero-order valence-corrected chi connectivity index (χ0v) is 24.8. The molecule has 0 radical (unpaired) electrons. The van der Waals surface area contributed by atoms with Gasteiger partial charge in [-0.3, -0.25) is 0 Å². The van der Waals surface area contributed by atoms with E-state index in [9.17, 15) is 0 Å². The van der Waals surface area contributed by atoms with Crippen LogP contribution >= 0.6 is 0 Å². The van der Waals surface area contributed by atoms with Crippen molar-refractivity contribution in [2.75, 3.05) is 0 Å². The molecule has 3 heteroatoms. The Hall–Kier alpha value is -4.89. The minimum atomic E-state index is -0.136. The fourth-order valence-corrected chi connectivity index (χ4v) is 8.59. The Labute approximate surface area is 258 Å². The molecule has 0 bridgehead atoms. The zero-order chi connectivity index (χ0) is 29.3. The molecule has 3 nitrogen and oxygen atoms in total. The zero-order valence-electron chi connectivity index (χ0n) is 24.8. The van der Waals surface area contributed by atoms with Gasteiger partial charge < -0.3 is 0 Å². The first-order valence-corrected chi connectivity index (χ1v) is 15.9.